The number of hydrogen-bond donors (Lipinski definition) is 2. The number of aliphatic hydroxyl groups is 2. The van der Waals surface area contributed by atoms with Gasteiger partial charge in [-0.25, -0.2) is 4.89 Å². The lowest BCUT2D eigenvalue weighted by Gasteiger charge is -2.59. The average molecular weight is 433 g/mol. The molecule has 0 amide bonds. The van der Waals surface area contributed by atoms with E-state index >= 15 is 0 Å². The van der Waals surface area contributed by atoms with Crippen molar-refractivity contribution >= 4 is 0 Å². The molecule has 1 heterocycles. The maximum absolute atomic E-state index is 11.7. The van der Waals surface area contributed by atoms with Crippen LogP contribution < -0.4 is 0 Å². The second-order valence-electron chi connectivity index (χ2n) is 12.8. The predicted octanol–water partition coefficient (Wildman–Crippen LogP) is 5.77. The summed E-state index contributed by atoms with van der Waals surface area (Å²) in [6, 6.07) is 0. The zero-order valence-corrected chi connectivity index (χ0v) is 20.3. The molecular weight excluding hydrogens is 388 g/mol. The quantitative estimate of drug-likeness (QED) is 0.428. The van der Waals surface area contributed by atoms with Gasteiger partial charge in [0.15, 0.2) is 0 Å². The molecule has 2 N–H and O–H groups in total. The van der Waals surface area contributed by atoms with Crippen LogP contribution in [0, 0.1) is 40.4 Å². The van der Waals surface area contributed by atoms with Gasteiger partial charge in [0.1, 0.15) is 6.10 Å². The van der Waals surface area contributed by atoms with Gasteiger partial charge in [0, 0.05) is 6.42 Å². The van der Waals surface area contributed by atoms with Crippen molar-refractivity contribution in [2.45, 2.75) is 117 Å². The molecule has 0 aromatic heterocycles. The van der Waals surface area contributed by atoms with Crippen LogP contribution in [0.25, 0.3) is 0 Å². The lowest BCUT2D eigenvalue weighted by molar-refractivity contribution is -0.435. The zero-order valence-electron chi connectivity index (χ0n) is 20.3. The van der Waals surface area contributed by atoms with Gasteiger partial charge < -0.3 is 10.2 Å². The van der Waals surface area contributed by atoms with E-state index in [0.29, 0.717) is 30.1 Å². The van der Waals surface area contributed by atoms with Crippen molar-refractivity contribution in [3.63, 3.8) is 0 Å². The van der Waals surface area contributed by atoms with Gasteiger partial charge >= 0.3 is 0 Å². The van der Waals surface area contributed by atoms with Crippen molar-refractivity contribution in [3.8, 4) is 0 Å². The molecule has 5 aliphatic rings. The molecule has 4 nitrogen and oxygen atoms in total. The van der Waals surface area contributed by atoms with E-state index in [0.717, 1.165) is 38.0 Å². The van der Waals surface area contributed by atoms with Crippen molar-refractivity contribution in [1.82, 2.24) is 0 Å². The van der Waals surface area contributed by atoms with Crippen LogP contribution in [0.3, 0.4) is 0 Å². The average Bonchev–Trinajstić information content (AvgIpc) is 2.95. The van der Waals surface area contributed by atoms with Gasteiger partial charge in [-0.3, -0.25) is 0 Å². The van der Waals surface area contributed by atoms with Crippen LogP contribution in [0.5, 0.6) is 0 Å². The summed E-state index contributed by atoms with van der Waals surface area (Å²) in [5.74, 6) is 1.45. The molecular formula is C27H44O4. The van der Waals surface area contributed by atoms with Gasteiger partial charge in [0.05, 0.1) is 6.10 Å². The van der Waals surface area contributed by atoms with Crippen LogP contribution >= 0.6 is 0 Å². The summed E-state index contributed by atoms with van der Waals surface area (Å²) in [4.78, 5) is 11.9. The Labute approximate surface area is 188 Å². The number of fused-ring (bicyclic) bond motifs is 2. The third-order valence-corrected chi connectivity index (χ3v) is 10.5. The first kappa shape index (κ1) is 22.4. The first-order valence-corrected chi connectivity index (χ1v) is 13.1. The third kappa shape index (κ3) is 3.30. The van der Waals surface area contributed by atoms with E-state index in [1.165, 1.54) is 36.8 Å². The van der Waals surface area contributed by atoms with Crippen LogP contribution in [-0.2, 0) is 9.78 Å². The minimum atomic E-state index is -1.24. The molecule has 0 aromatic carbocycles. The van der Waals surface area contributed by atoms with Crippen LogP contribution in [0.4, 0.5) is 0 Å². The standard InChI is InChI=1S/C27H44O4/c1-16(2)7-6-8-17(3)21-15-27(29)24-23-20(10-12-26(21,24)5)25(4)11-9-19(28)13-18(25)14-22(23)30-31-27/h16-22,28-29H,6-15H2,1-5H3/t17-,18+,19+,20+,21-,22+,25+,26-,27-/m1/s1. The normalized spacial score (nSPS) is 49.7. The molecule has 0 aromatic rings. The number of aliphatic hydroxyl groups excluding tert-OH is 1. The molecule has 4 heteroatoms. The SMILES string of the molecule is CC(C)CCC[C@@H](C)[C@H]1C[C@@]2(O)OO[C@H]3C[C@@H]4C[C@@H](O)CC[C@]4(C)[C@H]4CC[C@@]1(C)C2=C34. The minimum Gasteiger partial charge on any atom is -0.393 e. The smallest absolute Gasteiger partial charge is 0.222 e. The van der Waals surface area contributed by atoms with Gasteiger partial charge in [-0.05, 0) is 90.1 Å². The largest absolute Gasteiger partial charge is 0.393 e. The maximum Gasteiger partial charge on any atom is 0.222 e. The van der Waals surface area contributed by atoms with Crippen molar-refractivity contribution in [2.24, 2.45) is 40.4 Å². The molecule has 0 bridgehead atoms. The minimum absolute atomic E-state index is 0.0111. The Morgan fingerprint density at radius 2 is 1.84 bits per heavy atom. The van der Waals surface area contributed by atoms with E-state index in [1.54, 1.807) is 0 Å². The van der Waals surface area contributed by atoms with Crippen LogP contribution in [0.2, 0.25) is 0 Å². The predicted molar refractivity (Wildman–Crippen MR) is 121 cm³/mol. The monoisotopic (exact) mass is 432 g/mol. The summed E-state index contributed by atoms with van der Waals surface area (Å²) >= 11 is 0. The van der Waals surface area contributed by atoms with E-state index in [-0.39, 0.29) is 23.0 Å². The van der Waals surface area contributed by atoms with E-state index < -0.39 is 5.79 Å². The fourth-order valence-corrected chi connectivity index (χ4v) is 8.76. The highest BCUT2D eigenvalue weighted by molar-refractivity contribution is 5.42. The molecule has 0 radical (unpaired) electrons. The van der Waals surface area contributed by atoms with Crippen molar-refractivity contribution in [1.29, 1.82) is 0 Å². The second-order valence-corrected chi connectivity index (χ2v) is 12.8. The zero-order chi connectivity index (χ0) is 22.2. The molecule has 0 unspecified atom stereocenters. The van der Waals surface area contributed by atoms with Gasteiger partial charge in [-0.1, -0.05) is 53.9 Å². The van der Waals surface area contributed by atoms with E-state index in [2.05, 4.69) is 34.6 Å². The summed E-state index contributed by atoms with van der Waals surface area (Å²) in [6.07, 6.45) is 10.3. The molecule has 3 saturated carbocycles. The fraction of sp³-hybridized carbons (Fsp3) is 0.926. The lowest BCUT2D eigenvalue weighted by Crippen LogP contribution is -2.56. The lowest BCUT2D eigenvalue weighted by atomic mass is 9.48. The van der Waals surface area contributed by atoms with Crippen LogP contribution in [0.15, 0.2) is 11.1 Å². The first-order chi connectivity index (χ1) is 14.6. The number of hydrogen-bond acceptors (Lipinski definition) is 4. The van der Waals surface area contributed by atoms with Gasteiger partial charge in [0.2, 0.25) is 5.79 Å². The molecule has 0 spiro atoms. The van der Waals surface area contributed by atoms with E-state index in [4.69, 9.17) is 9.78 Å². The first-order valence-electron chi connectivity index (χ1n) is 13.1. The van der Waals surface area contributed by atoms with Crippen molar-refractivity contribution < 1.29 is 20.0 Å². The summed E-state index contributed by atoms with van der Waals surface area (Å²) in [6.45, 7) is 11.9. The fourth-order valence-electron chi connectivity index (χ4n) is 8.76. The molecule has 176 valence electrons. The highest BCUT2D eigenvalue weighted by atomic mass is 17.2. The molecule has 31 heavy (non-hydrogen) atoms. The molecule has 4 aliphatic carbocycles. The topological polar surface area (TPSA) is 58.9 Å². The molecule has 1 aliphatic heterocycles. The summed E-state index contributed by atoms with van der Waals surface area (Å²) in [7, 11) is 0. The second kappa shape index (κ2) is 7.55. The summed E-state index contributed by atoms with van der Waals surface area (Å²) < 4.78 is 0. The van der Waals surface area contributed by atoms with E-state index in [1.807, 2.05) is 0 Å². The Morgan fingerprint density at radius 3 is 2.58 bits per heavy atom. The number of rotatable bonds is 5. The van der Waals surface area contributed by atoms with Crippen molar-refractivity contribution in [2.75, 3.05) is 0 Å². The Bertz CT molecular complexity index is 746. The Kier molecular flexibility index (Phi) is 5.45. The molecule has 3 fully saturated rings. The Morgan fingerprint density at radius 1 is 1.06 bits per heavy atom. The van der Waals surface area contributed by atoms with Crippen molar-refractivity contribution in [3.05, 3.63) is 11.1 Å². The summed E-state index contributed by atoms with van der Waals surface area (Å²) in [5, 5.41) is 22.1. The van der Waals surface area contributed by atoms with E-state index in [9.17, 15) is 10.2 Å². The molecule has 9 atom stereocenters. The van der Waals surface area contributed by atoms with Gasteiger partial charge in [-0.15, -0.1) is 0 Å². The van der Waals surface area contributed by atoms with Gasteiger partial charge in [0.25, 0.3) is 0 Å². The maximum atomic E-state index is 11.7. The molecule has 5 rings (SSSR count). The van der Waals surface area contributed by atoms with Crippen LogP contribution in [-0.4, -0.2) is 28.2 Å². The Hall–Kier alpha value is -0.420. The molecule has 0 saturated heterocycles. The highest BCUT2D eigenvalue weighted by Gasteiger charge is 2.67. The summed E-state index contributed by atoms with van der Waals surface area (Å²) in [5.41, 5.74) is 2.83. The Balaban J connectivity index is 1.50. The third-order valence-electron chi connectivity index (χ3n) is 10.5. The highest BCUT2D eigenvalue weighted by Crippen LogP contribution is 2.69. The van der Waals surface area contributed by atoms with Crippen LogP contribution in [0.1, 0.15) is 98.8 Å². The van der Waals surface area contributed by atoms with Gasteiger partial charge in [-0.2, -0.15) is 4.89 Å².